The Bertz CT molecular complexity index is 179. The molecule has 0 heterocycles. The molecule has 0 aromatic heterocycles. The van der Waals surface area contributed by atoms with Gasteiger partial charge in [-0.15, -0.1) is 0 Å². The fourth-order valence-electron chi connectivity index (χ4n) is 1.69. The van der Waals surface area contributed by atoms with Crippen molar-refractivity contribution in [3.05, 3.63) is 23.8 Å². The van der Waals surface area contributed by atoms with Gasteiger partial charge in [0.05, 0.1) is 6.61 Å². The van der Waals surface area contributed by atoms with Gasteiger partial charge >= 0.3 is 0 Å². The molecule has 0 aromatic carbocycles. The average Bonchev–Trinajstić information content (AvgIpc) is 2.45. The second kappa shape index (κ2) is 1.71. The molecule has 2 bridgehead atoms. The van der Waals surface area contributed by atoms with E-state index in [1.165, 1.54) is 12.0 Å². The minimum absolute atomic E-state index is 0.255. The molecule has 2 aliphatic rings. The SMILES string of the molecule is OCC1=C[C@H]2C=CC1C2. The van der Waals surface area contributed by atoms with Crippen LogP contribution in [0.15, 0.2) is 23.8 Å². The van der Waals surface area contributed by atoms with Gasteiger partial charge in [0.25, 0.3) is 0 Å². The molecule has 0 amide bonds. The summed E-state index contributed by atoms with van der Waals surface area (Å²) in [6.07, 6.45) is 7.83. The van der Waals surface area contributed by atoms with E-state index >= 15 is 0 Å². The summed E-state index contributed by atoms with van der Waals surface area (Å²) in [5, 5.41) is 8.79. The number of hydrogen-bond acceptors (Lipinski definition) is 1. The normalized spacial score (nSPS) is 37.7. The van der Waals surface area contributed by atoms with Gasteiger partial charge < -0.3 is 5.11 Å². The Morgan fingerprint density at radius 1 is 1.56 bits per heavy atom. The first-order valence-corrected chi connectivity index (χ1v) is 3.40. The zero-order valence-corrected chi connectivity index (χ0v) is 5.25. The van der Waals surface area contributed by atoms with Crippen LogP contribution in [0.1, 0.15) is 6.42 Å². The minimum Gasteiger partial charge on any atom is -0.392 e. The Morgan fingerprint density at radius 2 is 2.44 bits per heavy atom. The summed E-state index contributed by atoms with van der Waals surface area (Å²) >= 11 is 0. The molecule has 0 spiro atoms. The first-order valence-electron chi connectivity index (χ1n) is 3.40. The van der Waals surface area contributed by atoms with Crippen molar-refractivity contribution in [2.45, 2.75) is 6.42 Å². The topological polar surface area (TPSA) is 20.2 Å². The smallest absolute Gasteiger partial charge is 0.0647 e. The largest absolute Gasteiger partial charge is 0.392 e. The zero-order valence-electron chi connectivity index (χ0n) is 5.25. The summed E-state index contributed by atoms with van der Waals surface area (Å²) in [5.74, 6) is 1.23. The first-order chi connectivity index (χ1) is 4.40. The molecule has 1 N–H and O–H groups in total. The van der Waals surface area contributed by atoms with Crippen LogP contribution in [-0.4, -0.2) is 11.7 Å². The summed E-state index contributed by atoms with van der Waals surface area (Å²) in [6.45, 7) is 0.255. The highest BCUT2D eigenvalue weighted by molar-refractivity contribution is 5.30. The van der Waals surface area contributed by atoms with Gasteiger partial charge in [0, 0.05) is 5.92 Å². The fraction of sp³-hybridized carbons (Fsp3) is 0.500. The molecule has 1 heteroatoms. The highest BCUT2D eigenvalue weighted by Gasteiger charge is 2.26. The zero-order chi connectivity index (χ0) is 6.27. The van der Waals surface area contributed by atoms with Crippen molar-refractivity contribution in [1.82, 2.24) is 0 Å². The van der Waals surface area contributed by atoms with Crippen molar-refractivity contribution in [3.63, 3.8) is 0 Å². The summed E-state index contributed by atoms with van der Waals surface area (Å²) in [4.78, 5) is 0. The van der Waals surface area contributed by atoms with Crippen LogP contribution >= 0.6 is 0 Å². The monoisotopic (exact) mass is 122 g/mol. The van der Waals surface area contributed by atoms with Crippen molar-refractivity contribution in [1.29, 1.82) is 0 Å². The van der Waals surface area contributed by atoms with Crippen LogP contribution in [-0.2, 0) is 0 Å². The van der Waals surface area contributed by atoms with E-state index < -0.39 is 0 Å². The van der Waals surface area contributed by atoms with Gasteiger partial charge in [0.1, 0.15) is 0 Å². The fourth-order valence-corrected chi connectivity index (χ4v) is 1.69. The van der Waals surface area contributed by atoms with E-state index in [1.807, 2.05) is 0 Å². The predicted octanol–water partition coefficient (Wildman–Crippen LogP) is 1.11. The van der Waals surface area contributed by atoms with Crippen LogP contribution in [0, 0.1) is 11.8 Å². The van der Waals surface area contributed by atoms with Gasteiger partial charge in [-0.1, -0.05) is 18.2 Å². The van der Waals surface area contributed by atoms with Gasteiger partial charge in [-0.3, -0.25) is 0 Å². The molecule has 2 aliphatic carbocycles. The van der Waals surface area contributed by atoms with E-state index in [-0.39, 0.29) is 6.61 Å². The molecular weight excluding hydrogens is 112 g/mol. The van der Waals surface area contributed by atoms with Crippen molar-refractivity contribution in [3.8, 4) is 0 Å². The molecule has 2 atom stereocenters. The Kier molecular flexibility index (Phi) is 0.995. The number of hydrogen-bond donors (Lipinski definition) is 1. The van der Waals surface area contributed by atoms with Crippen molar-refractivity contribution in [2.24, 2.45) is 11.8 Å². The second-order valence-electron chi connectivity index (χ2n) is 2.79. The van der Waals surface area contributed by atoms with E-state index in [4.69, 9.17) is 5.11 Å². The van der Waals surface area contributed by atoms with E-state index in [0.29, 0.717) is 11.8 Å². The van der Waals surface area contributed by atoms with Gasteiger partial charge in [0.15, 0.2) is 0 Å². The third-order valence-electron chi connectivity index (χ3n) is 2.20. The Labute approximate surface area is 54.7 Å². The summed E-state index contributed by atoms with van der Waals surface area (Å²) < 4.78 is 0. The van der Waals surface area contributed by atoms with Crippen molar-refractivity contribution in [2.75, 3.05) is 6.61 Å². The summed E-state index contributed by atoms with van der Waals surface area (Å²) in [5.41, 5.74) is 1.22. The van der Waals surface area contributed by atoms with Crippen LogP contribution in [0.5, 0.6) is 0 Å². The van der Waals surface area contributed by atoms with Gasteiger partial charge in [-0.2, -0.15) is 0 Å². The molecule has 0 radical (unpaired) electrons. The molecule has 48 valence electrons. The highest BCUT2D eigenvalue weighted by atomic mass is 16.3. The van der Waals surface area contributed by atoms with Crippen molar-refractivity contribution >= 4 is 0 Å². The van der Waals surface area contributed by atoms with Gasteiger partial charge in [-0.25, -0.2) is 0 Å². The number of rotatable bonds is 1. The number of aliphatic hydroxyl groups is 1. The Morgan fingerprint density at radius 3 is 2.78 bits per heavy atom. The maximum absolute atomic E-state index is 8.79. The van der Waals surface area contributed by atoms with Gasteiger partial charge in [-0.05, 0) is 17.9 Å². The molecular formula is C8H10O. The standard InChI is InChI=1S/C8H10O/c9-5-8-4-6-1-2-7(8)3-6/h1-2,4,6-7,9H,3,5H2/t6-,7?/m0/s1. The lowest BCUT2D eigenvalue weighted by Gasteiger charge is -2.03. The molecule has 0 aliphatic heterocycles. The van der Waals surface area contributed by atoms with Crippen LogP contribution in [0.4, 0.5) is 0 Å². The van der Waals surface area contributed by atoms with E-state index in [9.17, 15) is 0 Å². The average molecular weight is 122 g/mol. The maximum atomic E-state index is 8.79. The molecule has 1 unspecified atom stereocenters. The maximum Gasteiger partial charge on any atom is 0.0647 e. The predicted molar refractivity (Wildman–Crippen MR) is 35.9 cm³/mol. The third-order valence-corrected chi connectivity index (χ3v) is 2.20. The highest BCUT2D eigenvalue weighted by Crippen LogP contribution is 2.37. The number of fused-ring (bicyclic) bond motifs is 2. The van der Waals surface area contributed by atoms with Gasteiger partial charge in [0.2, 0.25) is 0 Å². The molecule has 0 fully saturated rings. The van der Waals surface area contributed by atoms with Crippen LogP contribution in [0.25, 0.3) is 0 Å². The quantitative estimate of drug-likeness (QED) is 0.516. The lowest BCUT2D eigenvalue weighted by molar-refractivity contribution is 0.322. The molecule has 0 saturated carbocycles. The molecule has 9 heavy (non-hydrogen) atoms. The van der Waals surface area contributed by atoms with Crippen LogP contribution in [0.3, 0.4) is 0 Å². The van der Waals surface area contributed by atoms with E-state index in [2.05, 4.69) is 18.2 Å². The third kappa shape index (κ3) is 0.648. The lowest BCUT2D eigenvalue weighted by atomic mass is 10.0. The summed E-state index contributed by atoms with van der Waals surface area (Å²) in [7, 11) is 0. The Balaban J connectivity index is 2.22. The number of allylic oxidation sites excluding steroid dienone is 3. The molecule has 0 aromatic rings. The Hall–Kier alpha value is -0.560. The van der Waals surface area contributed by atoms with E-state index in [1.54, 1.807) is 0 Å². The van der Waals surface area contributed by atoms with Crippen LogP contribution in [0.2, 0.25) is 0 Å². The molecule has 1 nitrogen and oxygen atoms in total. The van der Waals surface area contributed by atoms with E-state index in [0.717, 1.165) is 0 Å². The van der Waals surface area contributed by atoms with Crippen LogP contribution < -0.4 is 0 Å². The molecule has 0 saturated heterocycles. The number of aliphatic hydroxyl groups excluding tert-OH is 1. The summed E-state index contributed by atoms with van der Waals surface area (Å²) in [6, 6.07) is 0. The molecule has 2 rings (SSSR count). The lowest BCUT2D eigenvalue weighted by Crippen LogP contribution is -1.97. The minimum atomic E-state index is 0.255. The first kappa shape index (κ1) is 5.24. The van der Waals surface area contributed by atoms with Crippen molar-refractivity contribution < 1.29 is 5.11 Å². The second-order valence-corrected chi connectivity index (χ2v) is 2.79.